The predicted molar refractivity (Wildman–Crippen MR) is 114 cm³/mol. The number of hydrogen-bond donors (Lipinski definition) is 1. The van der Waals surface area contributed by atoms with Gasteiger partial charge in [0.2, 0.25) is 5.91 Å². The Bertz CT molecular complexity index is 913. The molecule has 0 saturated carbocycles. The molecule has 1 N–H and O–H groups in total. The van der Waals surface area contributed by atoms with Crippen molar-refractivity contribution < 1.29 is 14.3 Å². The second-order valence-electron chi connectivity index (χ2n) is 8.18. The van der Waals surface area contributed by atoms with Crippen LogP contribution in [0.4, 0.5) is 0 Å². The fraction of sp³-hybridized carbons (Fsp3) is 0.478. The first-order valence-electron chi connectivity index (χ1n) is 10.4. The monoisotopic (exact) mass is 410 g/mol. The quantitative estimate of drug-likeness (QED) is 0.758. The van der Waals surface area contributed by atoms with Gasteiger partial charge in [0.15, 0.2) is 0 Å². The molecule has 7 heteroatoms. The molecule has 7 nitrogen and oxygen atoms in total. The zero-order valence-corrected chi connectivity index (χ0v) is 18.1. The number of nitrogens with zero attached hydrogens (tertiary/aromatic N) is 3. The zero-order chi connectivity index (χ0) is 21.7. The molecule has 0 bridgehead atoms. The maximum atomic E-state index is 12.6. The summed E-state index contributed by atoms with van der Waals surface area (Å²) in [6.07, 6.45) is 3.01. The second kappa shape index (κ2) is 9.69. The summed E-state index contributed by atoms with van der Waals surface area (Å²) in [5, 5.41) is 2.91. The minimum Gasteiger partial charge on any atom is -0.497 e. The van der Waals surface area contributed by atoms with Gasteiger partial charge in [0, 0.05) is 38.2 Å². The van der Waals surface area contributed by atoms with E-state index >= 15 is 0 Å². The van der Waals surface area contributed by atoms with E-state index in [1.165, 1.54) is 0 Å². The van der Waals surface area contributed by atoms with Crippen molar-refractivity contribution in [3.8, 4) is 5.75 Å². The van der Waals surface area contributed by atoms with Gasteiger partial charge in [0.1, 0.15) is 11.6 Å². The standard InChI is InChI=1S/C23H30N4O3/c1-15(2)10-21(28)27-9-8-18(14-27)22-24-13-20(16(3)26-22)23(29)25-12-17-6-5-7-19(11-17)30-4/h5-7,11,13,15,18H,8-10,12,14H2,1-4H3,(H,25,29). The van der Waals surface area contributed by atoms with Crippen LogP contribution in [0.15, 0.2) is 30.5 Å². The molecule has 1 fully saturated rings. The molecular weight excluding hydrogens is 380 g/mol. The van der Waals surface area contributed by atoms with E-state index in [0.29, 0.717) is 42.5 Å². The van der Waals surface area contributed by atoms with Gasteiger partial charge in [-0.05, 0) is 37.0 Å². The molecule has 1 aromatic heterocycles. The van der Waals surface area contributed by atoms with E-state index in [4.69, 9.17) is 4.74 Å². The predicted octanol–water partition coefficient (Wildman–Crippen LogP) is 3.09. The fourth-order valence-electron chi connectivity index (χ4n) is 3.64. The highest BCUT2D eigenvalue weighted by atomic mass is 16.5. The number of carbonyl (C=O) groups is 2. The lowest BCUT2D eigenvalue weighted by molar-refractivity contribution is -0.130. The first-order chi connectivity index (χ1) is 14.4. The van der Waals surface area contributed by atoms with Gasteiger partial charge in [0.05, 0.1) is 18.4 Å². The Balaban J connectivity index is 1.61. The van der Waals surface area contributed by atoms with Crippen molar-refractivity contribution in [2.75, 3.05) is 20.2 Å². The molecule has 2 amide bonds. The lowest BCUT2D eigenvalue weighted by atomic mass is 10.1. The topological polar surface area (TPSA) is 84.4 Å². The van der Waals surface area contributed by atoms with E-state index in [1.54, 1.807) is 13.3 Å². The van der Waals surface area contributed by atoms with Crippen LogP contribution in [0, 0.1) is 12.8 Å². The van der Waals surface area contributed by atoms with Gasteiger partial charge in [0.25, 0.3) is 5.91 Å². The average Bonchev–Trinajstić information content (AvgIpc) is 3.22. The summed E-state index contributed by atoms with van der Waals surface area (Å²) in [5.74, 6) is 1.91. The Morgan fingerprint density at radius 1 is 1.33 bits per heavy atom. The molecule has 0 radical (unpaired) electrons. The summed E-state index contributed by atoms with van der Waals surface area (Å²) in [7, 11) is 1.61. The van der Waals surface area contributed by atoms with Crippen molar-refractivity contribution in [1.82, 2.24) is 20.2 Å². The van der Waals surface area contributed by atoms with Crippen LogP contribution in [0.5, 0.6) is 5.75 Å². The molecule has 1 aliphatic rings. The highest BCUT2D eigenvalue weighted by Gasteiger charge is 2.29. The number of methoxy groups -OCH3 is 1. The first kappa shape index (κ1) is 21.7. The Morgan fingerprint density at radius 2 is 2.13 bits per heavy atom. The molecule has 2 aromatic rings. The Labute approximate surface area is 177 Å². The number of rotatable bonds is 7. The largest absolute Gasteiger partial charge is 0.497 e. The number of aryl methyl sites for hydroxylation is 1. The Morgan fingerprint density at radius 3 is 2.83 bits per heavy atom. The van der Waals surface area contributed by atoms with Crippen molar-refractivity contribution in [1.29, 1.82) is 0 Å². The van der Waals surface area contributed by atoms with Gasteiger partial charge in [-0.15, -0.1) is 0 Å². The van der Waals surface area contributed by atoms with Gasteiger partial charge < -0.3 is 15.0 Å². The van der Waals surface area contributed by atoms with Crippen LogP contribution in [0.25, 0.3) is 0 Å². The maximum absolute atomic E-state index is 12.6. The van der Waals surface area contributed by atoms with E-state index in [2.05, 4.69) is 29.1 Å². The number of ether oxygens (including phenoxy) is 1. The molecule has 30 heavy (non-hydrogen) atoms. The molecule has 1 aliphatic heterocycles. The highest BCUT2D eigenvalue weighted by Crippen LogP contribution is 2.26. The van der Waals surface area contributed by atoms with Crippen molar-refractivity contribution in [2.24, 2.45) is 5.92 Å². The van der Waals surface area contributed by atoms with Crippen molar-refractivity contribution >= 4 is 11.8 Å². The summed E-state index contributed by atoms with van der Waals surface area (Å²) in [6.45, 7) is 7.70. The third-order valence-electron chi connectivity index (χ3n) is 5.32. The summed E-state index contributed by atoms with van der Waals surface area (Å²) in [4.78, 5) is 35.8. The number of amides is 2. The fourth-order valence-corrected chi connectivity index (χ4v) is 3.64. The van der Waals surface area contributed by atoms with Gasteiger partial charge in [-0.25, -0.2) is 9.97 Å². The van der Waals surface area contributed by atoms with Gasteiger partial charge in [-0.2, -0.15) is 0 Å². The van der Waals surface area contributed by atoms with Crippen LogP contribution in [0.3, 0.4) is 0 Å². The summed E-state index contributed by atoms with van der Waals surface area (Å²) in [5.41, 5.74) is 2.07. The van der Waals surface area contributed by atoms with Crippen LogP contribution in [0.1, 0.15) is 60.0 Å². The molecule has 1 atom stereocenters. The molecule has 0 aliphatic carbocycles. The zero-order valence-electron chi connectivity index (χ0n) is 18.1. The van der Waals surface area contributed by atoms with E-state index in [-0.39, 0.29) is 17.7 Å². The van der Waals surface area contributed by atoms with E-state index in [1.807, 2.05) is 36.1 Å². The normalized spacial score (nSPS) is 16.0. The molecule has 1 aromatic carbocycles. The van der Waals surface area contributed by atoms with E-state index < -0.39 is 0 Å². The van der Waals surface area contributed by atoms with Crippen LogP contribution < -0.4 is 10.1 Å². The van der Waals surface area contributed by atoms with Crippen LogP contribution >= 0.6 is 0 Å². The van der Waals surface area contributed by atoms with Crippen LogP contribution in [-0.4, -0.2) is 46.9 Å². The van der Waals surface area contributed by atoms with E-state index in [9.17, 15) is 9.59 Å². The minimum absolute atomic E-state index is 0.119. The molecule has 0 spiro atoms. The lowest BCUT2D eigenvalue weighted by Crippen LogP contribution is -2.29. The molecule has 1 saturated heterocycles. The SMILES string of the molecule is COc1cccc(CNC(=O)c2cnc(C3CCN(C(=O)CC(C)C)C3)nc2C)c1. The van der Waals surface area contributed by atoms with Crippen LogP contribution in [-0.2, 0) is 11.3 Å². The van der Waals surface area contributed by atoms with Gasteiger partial charge in [-0.3, -0.25) is 9.59 Å². The third kappa shape index (κ3) is 5.34. The number of nitrogens with one attached hydrogen (secondary N) is 1. The summed E-state index contributed by atoms with van der Waals surface area (Å²) in [6, 6.07) is 7.57. The Kier molecular flexibility index (Phi) is 7.03. The smallest absolute Gasteiger partial charge is 0.254 e. The number of carbonyl (C=O) groups excluding carboxylic acids is 2. The molecule has 3 rings (SSSR count). The highest BCUT2D eigenvalue weighted by molar-refractivity contribution is 5.94. The third-order valence-corrected chi connectivity index (χ3v) is 5.32. The van der Waals surface area contributed by atoms with Crippen molar-refractivity contribution in [3.63, 3.8) is 0 Å². The summed E-state index contributed by atoms with van der Waals surface area (Å²) >= 11 is 0. The van der Waals surface area contributed by atoms with Crippen molar-refractivity contribution in [2.45, 2.75) is 46.1 Å². The molecule has 160 valence electrons. The van der Waals surface area contributed by atoms with Gasteiger partial charge >= 0.3 is 0 Å². The number of benzene rings is 1. The maximum Gasteiger partial charge on any atom is 0.254 e. The minimum atomic E-state index is -0.206. The van der Waals surface area contributed by atoms with E-state index in [0.717, 1.165) is 24.3 Å². The van der Waals surface area contributed by atoms with Crippen molar-refractivity contribution in [3.05, 3.63) is 53.1 Å². The van der Waals surface area contributed by atoms with Crippen LogP contribution in [0.2, 0.25) is 0 Å². The first-order valence-corrected chi connectivity index (χ1v) is 10.4. The number of aromatic nitrogens is 2. The Hall–Kier alpha value is -2.96. The lowest BCUT2D eigenvalue weighted by Gasteiger charge is -2.17. The second-order valence-corrected chi connectivity index (χ2v) is 8.18. The summed E-state index contributed by atoms with van der Waals surface area (Å²) < 4.78 is 5.21. The number of hydrogen-bond acceptors (Lipinski definition) is 5. The average molecular weight is 411 g/mol. The molecule has 2 heterocycles. The molecule has 1 unspecified atom stereocenters. The number of likely N-dealkylation sites (tertiary alicyclic amines) is 1. The molecular formula is C23H30N4O3. The van der Waals surface area contributed by atoms with Gasteiger partial charge in [-0.1, -0.05) is 26.0 Å².